The van der Waals surface area contributed by atoms with E-state index in [0.29, 0.717) is 29.0 Å². The molecule has 2 atom stereocenters. The van der Waals surface area contributed by atoms with Gasteiger partial charge in [-0.05, 0) is 35.0 Å². The summed E-state index contributed by atoms with van der Waals surface area (Å²) in [5.74, 6) is -0.0487. The first kappa shape index (κ1) is 15.3. The number of carbonyl (C=O) groups excluding carboxylic acids is 1. The molecule has 0 radical (unpaired) electrons. The molecule has 0 spiro atoms. The van der Waals surface area contributed by atoms with Gasteiger partial charge in [-0.3, -0.25) is 4.79 Å². The zero-order valence-electron chi connectivity index (χ0n) is 10.4. The summed E-state index contributed by atoms with van der Waals surface area (Å²) < 4.78 is 6.46. The third kappa shape index (κ3) is 3.51. The first-order chi connectivity index (χ1) is 9.02. The van der Waals surface area contributed by atoms with Crippen molar-refractivity contribution in [1.29, 1.82) is 0 Å². The summed E-state index contributed by atoms with van der Waals surface area (Å²) in [4.78, 5) is 14.3. The van der Waals surface area contributed by atoms with Gasteiger partial charge in [0, 0.05) is 22.9 Å². The minimum absolute atomic E-state index is 0.0265. The van der Waals surface area contributed by atoms with Crippen LogP contribution in [0.15, 0.2) is 22.7 Å². The lowest BCUT2D eigenvalue weighted by Crippen LogP contribution is -2.49. The van der Waals surface area contributed by atoms with Gasteiger partial charge in [0.25, 0.3) is 5.91 Å². The fourth-order valence-electron chi connectivity index (χ4n) is 2.14. The third-order valence-corrected chi connectivity index (χ3v) is 4.99. The Morgan fingerprint density at radius 1 is 1.53 bits per heavy atom. The molecule has 2 unspecified atom stereocenters. The lowest BCUT2D eigenvalue weighted by Gasteiger charge is -2.36. The third-order valence-electron chi connectivity index (χ3n) is 2.97. The Hall–Kier alpha value is -0.100. The fraction of sp³-hybridized carbons (Fsp3) is 0.462. The smallest absolute Gasteiger partial charge is 0.255 e. The number of alkyl halides is 1. The van der Waals surface area contributed by atoms with E-state index in [1.54, 1.807) is 11.0 Å². The summed E-state index contributed by atoms with van der Waals surface area (Å²) in [7, 11) is 0. The average molecular weight is 412 g/mol. The molecule has 1 aromatic rings. The minimum atomic E-state index is -0.0487. The highest BCUT2D eigenvalue weighted by Gasteiger charge is 2.29. The molecule has 6 heteroatoms. The van der Waals surface area contributed by atoms with Crippen LogP contribution < -0.4 is 0 Å². The van der Waals surface area contributed by atoms with Crippen molar-refractivity contribution in [3.63, 3.8) is 0 Å². The van der Waals surface area contributed by atoms with Crippen molar-refractivity contribution in [2.24, 2.45) is 0 Å². The van der Waals surface area contributed by atoms with E-state index < -0.39 is 0 Å². The molecule has 19 heavy (non-hydrogen) atoms. The van der Waals surface area contributed by atoms with Crippen LogP contribution in [-0.2, 0) is 4.74 Å². The van der Waals surface area contributed by atoms with E-state index in [-0.39, 0.29) is 18.1 Å². The van der Waals surface area contributed by atoms with E-state index in [1.807, 2.05) is 19.1 Å². The molecule has 1 fully saturated rings. The number of benzene rings is 1. The molecular formula is C13H14Br2ClNO2. The molecule has 1 aromatic carbocycles. The number of carbonyl (C=O) groups is 1. The van der Waals surface area contributed by atoms with Crippen LogP contribution in [0.4, 0.5) is 0 Å². The normalized spacial score (nSPS) is 23.5. The number of hydrogen-bond acceptors (Lipinski definition) is 2. The van der Waals surface area contributed by atoms with Gasteiger partial charge in [0.2, 0.25) is 0 Å². The van der Waals surface area contributed by atoms with Crippen molar-refractivity contribution < 1.29 is 9.53 Å². The summed E-state index contributed by atoms with van der Waals surface area (Å²) in [6.45, 7) is 3.14. The zero-order valence-corrected chi connectivity index (χ0v) is 14.3. The topological polar surface area (TPSA) is 29.5 Å². The second kappa shape index (κ2) is 6.57. The zero-order chi connectivity index (χ0) is 14.0. The summed E-state index contributed by atoms with van der Waals surface area (Å²) in [6, 6.07) is 5.38. The van der Waals surface area contributed by atoms with Crippen molar-refractivity contribution in [1.82, 2.24) is 4.90 Å². The van der Waals surface area contributed by atoms with Gasteiger partial charge < -0.3 is 9.64 Å². The number of morpholine rings is 1. The molecule has 0 aliphatic carbocycles. The number of hydrogen-bond donors (Lipinski definition) is 0. The SMILES string of the molecule is CC1CN(C(=O)c2cccc(Br)c2Cl)CC(CBr)O1. The summed E-state index contributed by atoms with van der Waals surface area (Å²) >= 11 is 12.9. The van der Waals surface area contributed by atoms with E-state index in [2.05, 4.69) is 31.9 Å². The van der Waals surface area contributed by atoms with Crippen LogP contribution in [-0.4, -0.2) is 41.4 Å². The molecule has 104 valence electrons. The van der Waals surface area contributed by atoms with Crippen molar-refractivity contribution in [3.05, 3.63) is 33.3 Å². The number of amides is 1. The van der Waals surface area contributed by atoms with E-state index >= 15 is 0 Å². The summed E-state index contributed by atoms with van der Waals surface area (Å²) in [6.07, 6.45) is 0.0600. The molecule has 1 amide bonds. The second-order valence-electron chi connectivity index (χ2n) is 4.53. The molecule has 3 nitrogen and oxygen atoms in total. The Balaban J connectivity index is 2.21. The van der Waals surface area contributed by atoms with Gasteiger partial charge >= 0.3 is 0 Å². The monoisotopic (exact) mass is 409 g/mol. The first-order valence-electron chi connectivity index (χ1n) is 5.97. The molecule has 0 bridgehead atoms. The standard InChI is InChI=1S/C13H14Br2ClNO2/c1-8-6-17(7-9(5-14)19-8)13(18)10-3-2-4-11(15)12(10)16/h2-4,8-9H,5-7H2,1H3. The van der Waals surface area contributed by atoms with E-state index in [0.717, 1.165) is 4.47 Å². The quantitative estimate of drug-likeness (QED) is 0.694. The number of ether oxygens (including phenoxy) is 1. The number of nitrogens with zero attached hydrogens (tertiary/aromatic N) is 1. The molecule has 0 saturated carbocycles. The van der Waals surface area contributed by atoms with Crippen molar-refractivity contribution in [2.45, 2.75) is 19.1 Å². The van der Waals surface area contributed by atoms with Gasteiger partial charge in [-0.1, -0.05) is 33.6 Å². The molecule has 0 aromatic heterocycles. The lowest BCUT2D eigenvalue weighted by atomic mass is 10.1. The van der Waals surface area contributed by atoms with Crippen LogP contribution in [0.25, 0.3) is 0 Å². The fourth-order valence-corrected chi connectivity index (χ4v) is 3.07. The van der Waals surface area contributed by atoms with Gasteiger partial charge in [-0.25, -0.2) is 0 Å². The average Bonchev–Trinajstić information content (AvgIpc) is 2.40. The van der Waals surface area contributed by atoms with E-state index in [9.17, 15) is 4.79 Å². The highest BCUT2D eigenvalue weighted by molar-refractivity contribution is 9.10. The van der Waals surface area contributed by atoms with Gasteiger partial charge in [0.1, 0.15) is 0 Å². The van der Waals surface area contributed by atoms with Crippen LogP contribution >= 0.6 is 43.5 Å². The largest absolute Gasteiger partial charge is 0.371 e. The molecule has 1 aliphatic heterocycles. The number of halogens is 3. The Labute approximate surface area is 134 Å². The van der Waals surface area contributed by atoms with Crippen LogP contribution in [0.2, 0.25) is 5.02 Å². The van der Waals surface area contributed by atoms with Crippen molar-refractivity contribution >= 4 is 49.4 Å². The Morgan fingerprint density at radius 3 is 2.95 bits per heavy atom. The van der Waals surface area contributed by atoms with Crippen LogP contribution in [0.3, 0.4) is 0 Å². The predicted molar refractivity (Wildman–Crippen MR) is 83.2 cm³/mol. The van der Waals surface area contributed by atoms with Crippen molar-refractivity contribution in [3.8, 4) is 0 Å². The molecule has 1 saturated heterocycles. The van der Waals surface area contributed by atoms with E-state index in [4.69, 9.17) is 16.3 Å². The van der Waals surface area contributed by atoms with Gasteiger partial charge in [0.15, 0.2) is 0 Å². The maximum atomic E-state index is 12.5. The molecule has 2 rings (SSSR count). The van der Waals surface area contributed by atoms with Gasteiger partial charge in [-0.2, -0.15) is 0 Å². The highest BCUT2D eigenvalue weighted by atomic mass is 79.9. The molecule has 1 heterocycles. The predicted octanol–water partition coefficient (Wildman–Crippen LogP) is 3.73. The Kier molecular flexibility index (Phi) is 5.29. The maximum absolute atomic E-state index is 12.5. The van der Waals surface area contributed by atoms with Crippen LogP contribution in [0.5, 0.6) is 0 Å². The lowest BCUT2D eigenvalue weighted by molar-refractivity contribution is -0.0559. The van der Waals surface area contributed by atoms with Crippen LogP contribution in [0.1, 0.15) is 17.3 Å². The van der Waals surface area contributed by atoms with Gasteiger partial charge in [0.05, 0.1) is 22.8 Å². The second-order valence-corrected chi connectivity index (χ2v) is 6.41. The van der Waals surface area contributed by atoms with Gasteiger partial charge in [-0.15, -0.1) is 0 Å². The Bertz CT molecular complexity index is 484. The maximum Gasteiger partial charge on any atom is 0.255 e. The summed E-state index contributed by atoms with van der Waals surface area (Å²) in [5.41, 5.74) is 0.526. The molecule has 0 N–H and O–H groups in total. The summed E-state index contributed by atoms with van der Waals surface area (Å²) in [5, 5.41) is 1.18. The molecule has 1 aliphatic rings. The number of rotatable bonds is 2. The molecular weight excluding hydrogens is 397 g/mol. The first-order valence-corrected chi connectivity index (χ1v) is 8.27. The Morgan fingerprint density at radius 2 is 2.26 bits per heavy atom. The minimum Gasteiger partial charge on any atom is -0.371 e. The van der Waals surface area contributed by atoms with Crippen molar-refractivity contribution in [2.75, 3.05) is 18.4 Å². The van der Waals surface area contributed by atoms with Crippen LogP contribution in [0, 0.1) is 0 Å². The highest BCUT2D eigenvalue weighted by Crippen LogP contribution is 2.27. The van der Waals surface area contributed by atoms with E-state index in [1.165, 1.54) is 0 Å².